The quantitative estimate of drug-likeness (QED) is 0.256. The summed E-state index contributed by atoms with van der Waals surface area (Å²) in [5, 5.41) is 13.1. The van der Waals surface area contributed by atoms with Crippen LogP contribution < -0.4 is 10.1 Å². The molecule has 1 saturated heterocycles. The highest BCUT2D eigenvalue weighted by Crippen LogP contribution is 2.35. The van der Waals surface area contributed by atoms with E-state index < -0.39 is 0 Å². The molecule has 4 heterocycles. The summed E-state index contributed by atoms with van der Waals surface area (Å²) in [6, 6.07) is 12.1. The van der Waals surface area contributed by atoms with E-state index in [1.165, 1.54) is 0 Å². The first-order chi connectivity index (χ1) is 17.1. The molecule has 0 saturated carbocycles. The summed E-state index contributed by atoms with van der Waals surface area (Å²) >= 11 is 12.6. The molecule has 35 heavy (non-hydrogen) atoms. The lowest BCUT2D eigenvalue weighted by Crippen LogP contribution is -2.27. The number of aromatic nitrogens is 5. The van der Waals surface area contributed by atoms with Crippen LogP contribution in [0.15, 0.2) is 48.8 Å². The van der Waals surface area contributed by atoms with Crippen LogP contribution in [0.25, 0.3) is 33.2 Å². The molecule has 3 aromatic heterocycles. The molecule has 5 aromatic rings. The van der Waals surface area contributed by atoms with Gasteiger partial charge in [0.25, 0.3) is 0 Å². The van der Waals surface area contributed by atoms with Crippen LogP contribution in [0.5, 0.6) is 5.75 Å². The molecule has 7 nitrogen and oxygen atoms in total. The molecule has 3 N–H and O–H groups in total. The number of aromatic amines is 2. The molecule has 1 aliphatic rings. The number of piperidine rings is 1. The largest absolute Gasteiger partial charge is 0.486 e. The van der Waals surface area contributed by atoms with Gasteiger partial charge in [0.05, 0.1) is 26.6 Å². The van der Waals surface area contributed by atoms with Gasteiger partial charge in [-0.25, -0.2) is 4.98 Å². The highest BCUT2D eigenvalue weighted by atomic mass is 35.5. The number of nitrogens with one attached hydrogen (secondary N) is 3. The molecule has 1 fully saturated rings. The number of benzene rings is 2. The van der Waals surface area contributed by atoms with Gasteiger partial charge in [-0.15, -0.1) is 0 Å². The van der Waals surface area contributed by atoms with Crippen molar-refractivity contribution in [2.45, 2.75) is 31.8 Å². The standard InChI is InChI=1S/C26H24Cl2N6O/c1-14(24-19(27)12-30-13-20(24)28)35-17-3-5-21-18(11-17)25(34-33-21)16-2-4-22-23(10-16)32-26(31-22)15-6-8-29-9-7-15/h2-5,10-15,29H,6-9H2,1H3,(H,31,32)(H,33,34)/t14-/m1/s1. The molecule has 9 heteroatoms. The summed E-state index contributed by atoms with van der Waals surface area (Å²) in [4.78, 5) is 12.4. The number of hydrogen-bond acceptors (Lipinski definition) is 5. The van der Waals surface area contributed by atoms with Crippen molar-refractivity contribution in [2.75, 3.05) is 13.1 Å². The first-order valence-electron chi connectivity index (χ1n) is 11.7. The van der Waals surface area contributed by atoms with Gasteiger partial charge in [-0.2, -0.15) is 5.10 Å². The van der Waals surface area contributed by atoms with E-state index in [0.29, 0.717) is 27.3 Å². The number of halogens is 2. The smallest absolute Gasteiger partial charge is 0.124 e. The van der Waals surface area contributed by atoms with Gasteiger partial charge >= 0.3 is 0 Å². The summed E-state index contributed by atoms with van der Waals surface area (Å²) in [6.07, 6.45) is 5.01. The second kappa shape index (κ2) is 9.15. The van der Waals surface area contributed by atoms with E-state index in [9.17, 15) is 0 Å². The maximum Gasteiger partial charge on any atom is 0.124 e. The maximum atomic E-state index is 6.32. The first-order valence-corrected chi connectivity index (χ1v) is 12.5. The minimum atomic E-state index is -0.347. The average Bonchev–Trinajstić information content (AvgIpc) is 3.48. The lowest BCUT2D eigenvalue weighted by atomic mass is 9.98. The molecule has 2 aromatic carbocycles. The Balaban J connectivity index is 1.32. The number of pyridine rings is 1. The van der Waals surface area contributed by atoms with E-state index in [1.54, 1.807) is 12.4 Å². The molecule has 0 radical (unpaired) electrons. The summed E-state index contributed by atoms with van der Waals surface area (Å²) in [7, 11) is 0. The van der Waals surface area contributed by atoms with Crippen LogP contribution in [0.1, 0.15) is 43.2 Å². The first kappa shape index (κ1) is 22.3. The van der Waals surface area contributed by atoms with Gasteiger partial charge in [-0.05, 0) is 63.2 Å². The molecular formula is C26H24Cl2N6O. The molecule has 0 bridgehead atoms. The Bertz CT molecular complexity index is 1500. The van der Waals surface area contributed by atoms with Crippen molar-refractivity contribution in [3.63, 3.8) is 0 Å². The zero-order valence-corrected chi connectivity index (χ0v) is 20.6. The molecule has 0 unspecified atom stereocenters. The average molecular weight is 507 g/mol. The monoisotopic (exact) mass is 506 g/mol. The van der Waals surface area contributed by atoms with Gasteiger partial charge in [0.1, 0.15) is 23.4 Å². The van der Waals surface area contributed by atoms with Crippen molar-refractivity contribution in [2.24, 2.45) is 0 Å². The fraction of sp³-hybridized carbons (Fsp3) is 0.269. The van der Waals surface area contributed by atoms with Crippen LogP contribution in [0.4, 0.5) is 0 Å². The maximum absolute atomic E-state index is 6.32. The lowest BCUT2D eigenvalue weighted by Gasteiger charge is -2.20. The second-order valence-corrected chi connectivity index (χ2v) is 9.75. The Kier molecular flexibility index (Phi) is 5.84. The Morgan fingerprint density at radius 3 is 2.60 bits per heavy atom. The van der Waals surface area contributed by atoms with E-state index in [-0.39, 0.29) is 6.10 Å². The third-order valence-electron chi connectivity index (χ3n) is 6.64. The fourth-order valence-electron chi connectivity index (χ4n) is 4.82. The summed E-state index contributed by atoms with van der Waals surface area (Å²) in [5.74, 6) is 2.25. The molecular weight excluding hydrogens is 483 g/mol. The third kappa shape index (κ3) is 4.24. The number of hydrogen-bond donors (Lipinski definition) is 3. The van der Waals surface area contributed by atoms with E-state index in [2.05, 4.69) is 43.7 Å². The van der Waals surface area contributed by atoms with Crippen molar-refractivity contribution in [1.82, 2.24) is 30.5 Å². The topological polar surface area (TPSA) is 91.5 Å². The number of nitrogens with zero attached hydrogens (tertiary/aromatic N) is 3. The summed E-state index contributed by atoms with van der Waals surface area (Å²) in [6.45, 7) is 3.99. The predicted octanol–water partition coefficient (Wildman–Crippen LogP) is 6.42. The molecule has 0 amide bonds. The van der Waals surface area contributed by atoms with Crippen LogP contribution >= 0.6 is 23.2 Å². The van der Waals surface area contributed by atoms with E-state index in [0.717, 1.165) is 64.9 Å². The highest BCUT2D eigenvalue weighted by Gasteiger charge is 2.20. The Morgan fingerprint density at radius 1 is 1.00 bits per heavy atom. The van der Waals surface area contributed by atoms with Gasteiger partial charge in [0.2, 0.25) is 0 Å². The third-order valence-corrected chi connectivity index (χ3v) is 7.25. The van der Waals surface area contributed by atoms with Crippen LogP contribution in [0.3, 0.4) is 0 Å². The van der Waals surface area contributed by atoms with Gasteiger partial charge in [0.15, 0.2) is 0 Å². The van der Waals surface area contributed by atoms with Crippen molar-refractivity contribution in [3.05, 3.63) is 70.2 Å². The van der Waals surface area contributed by atoms with Crippen molar-refractivity contribution >= 4 is 45.1 Å². The van der Waals surface area contributed by atoms with E-state index >= 15 is 0 Å². The van der Waals surface area contributed by atoms with Crippen molar-refractivity contribution < 1.29 is 4.74 Å². The minimum absolute atomic E-state index is 0.347. The van der Waals surface area contributed by atoms with Gasteiger partial charge < -0.3 is 15.0 Å². The van der Waals surface area contributed by atoms with Crippen LogP contribution in [0.2, 0.25) is 10.0 Å². The Hall–Kier alpha value is -3.13. The van der Waals surface area contributed by atoms with Crippen molar-refractivity contribution in [3.8, 4) is 17.0 Å². The highest BCUT2D eigenvalue weighted by molar-refractivity contribution is 6.35. The van der Waals surface area contributed by atoms with Crippen LogP contribution in [-0.4, -0.2) is 38.2 Å². The zero-order valence-electron chi connectivity index (χ0n) is 19.1. The van der Waals surface area contributed by atoms with Crippen LogP contribution in [-0.2, 0) is 0 Å². The number of ether oxygens (including phenoxy) is 1. The number of fused-ring (bicyclic) bond motifs is 2. The minimum Gasteiger partial charge on any atom is -0.486 e. The predicted molar refractivity (Wildman–Crippen MR) is 139 cm³/mol. The molecule has 1 aliphatic heterocycles. The molecule has 178 valence electrons. The summed E-state index contributed by atoms with van der Waals surface area (Å²) in [5.41, 5.74) is 5.51. The van der Waals surface area contributed by atoms with Crippen molar-refractivity contribution in [1.29, 1.82) is 0 Å². The Labute approximate surface area is 212 Å². The number of imidazole rings is 1. The molecule has 0 spiro atoms. The zero-order chi connectivity index (χ0) is 23.9. The molecule has 1 atom stereocenters. The van der Waals surface area contributed by atoms with Gasteiger partial charge in [0, 0.05) is 34.8 Å². The van der Waals surface area contributed by atoms with E-state index in [4.69, 9.17) is 32.9 Å². The van der Waals surface area contributed by atoms with Crippen LogP contribution in [0, 0.1) is 0 Å². The van der Waals surface area contributed by atoms with Gasteiger partial charge in [-0.3, -0.25) is 10.1 Å². The normalized spacial score (nSPS) is 15.6. The molecule has 0 aliphatic carbocycles. The molecule has 6 rings (SSSR count). The fourth-order valence-corrected chi connectivity index (χ4v) is 5.50. The van der Waals surface area contributed by atoms with Gasteiger partial charge in [-0.1, -0.05) is 29.3 Å². The SMILES string of the molecule is C[C@@H](Oc1ccc2[nH]nc(-c3ccc4nc(C5CCNCC5)[nH]c4c3)c2c1)c1c(Cl)cncc1Cl. The van der Waals surface area contributed by atoms with E-state index in [1.807, 2.05) is 25.1 Å². The number of H-pyrrole nitrogens is 2. The number of rotatable bonds is 5. The lowest BCUT2D eigenvalue weighted by molar-refractivity contribution is 0.227. The summed E-state index contributed by atoms with van der Waals surface area (Å²) < 4.78 is 6.21. The second-order valence-electron chi connectivity index (χ2n) is 8.93. The Morgan fingerprint density at radius 2 is 1.80 bits per heavy atom.